The first kappa shape index (κ1) is 21.6. The molecule has 2 rings (SSSR count). The van der Waals surface area contributed by atoms with Gasteiger partial charge in [-0.05, 0) is 30.3 Å². The number of ether oxygens (including phenoxy) is 2. The molecule has 1 atom stereocenters. The van der Waals surface area contributed by atoms with Crippen molar-refractivity contribution < 1.29 is 32.4 Å². The second-order valence-corrected chi connectivity index (χ2v) is 6.11. The lowest BCUT2D eigenvalue weighted by atomic mass is 9.98. The molecule has 150 valence electrons. The molecule has 0 amide bonds. The van der Waals surface area contributed by atoms with E-state index in [4.69, 9.17) is 21.1 Å². The van der Waals surface area contributed by atoms with E-state index in [1.54, 1.807) is 0 Å². The van der Waals surface area contributed by atoms with Gasteiger partial charge in [-0.25, -0.2) is 0 Å². The number of nitro groups is 1. The summed E-state index contributed by atoms with van der Waals surface area (Å²) in [4.78, 5) is 23.2. The van der Waals surface area contributed by atoms with Crippen LogP contribution in [-0.2, 0) is 10.9 Å². The molecule has 28 heavy (non-hydrogen) atoms. The summed E-state index contributed by atoms with van der Waals surface area (Å²) in [5.41, 5.74) is -3.24. The molecule has 2 aromatic carbocycles. The van der Waals surface area contributed by atoms with Crippen LogP contribution in [0.25, 0.3) is 0 Å². The van der Waals surface area contributed by atoms with Gasteiger partial charge in [-0.15, -0.1) is 0 Å². The largest absolute Gasteiger partial charge is 0.456 e. The van der Waals surface area contributed by atoms with Crippen molar-refractivity contribution in [2.24, 2.45) is 0 Å². The van der Waals surface area contributed by atoms with Crippen molar-refractivity contribution in [2.75, 3.05) is 7.11 Å². The Labute approximate surface area is 163 Å². The molecule has 0 aliphatic heterocycles. The first-order valence-corrected chi connectivity index (χ1v) is 8.32. The zero-order valence-electron chi connectivity index (χ0n) is 14.7. The van der Waals surface area contributed by atoms with E-state index in [0.29, 0.717) is 6.07 Å². The molecule has 0 aliphatic rings. The molecule has 0 heterocycles. The minimum absolute atomic E-state index is 0.0547. The highest BCUT2D eigenvalue weighted by atomic mass is 35.5. The van der Waals surface area contributed by atoms with Gasteiger partial charge in [0.2, 0.25) is 0 Å². The number of halogens is 4. The molecule has 0 saturated carbocycles. The van der Waals surface area contributed by atoms with Gasteiger partial charge in [-0.1, -0.05) is 30.7 Å². The molecule has 0 aliphatic carbocycles. The van der Waals surface area contributed by atoms with Crippen LogP contribution in [0.3, 0.4) is 0 Å². The number of carbonyl (C=O) groups is 1. The summed E-state index contributed by atoms with van der Waals surface area (Å²) in [5.74, 6) is -0.884. The number of ketones is 1. The van der Waals surface area contributed by atoms with Gasteiger partial charge in [-0.2, -0.15) is 13.2 Å². The Morgan fingerprint density at radius 3 is 2.39 bits per heavy atom. The second-order valence-electron chi connectivity index (χ2n) is 5.70. The van der Waals surface area contributed by atoms with Crippen molar-refractivity contribution in [1.29, 1.82) is 0 Å². The predicted octanol–water partition coefficient (Wildman–Crippen LogP) is 5.36. The van der Waals surface area contributed by atoms with Crippen LogP contribution in [0.5, 0.6) is 11.5 Å². The van der Waals surface area contributed by atoms with Crippen LogP contribution in [0.15, 0.2) is 42.5 Å². The summed E-state index contributed by atoms with van der Waals surface area (Å²) in [5, 5.41) is 11.1. The van der Waals surface area contributed by atoms with Crippen LogP contribution < -0.4 is 4.74 Å². The number of alkyl halides is 3. The molecule has 10 heteroatoms. The zero-order chi connectivity index (χ0) is 21.1. The van der Waals surface area contributed by atoms with E-state index >= 15 is 0 Å². The standard InChI is InChI=1S/C18H15ClF3NO5/c1-3-17(27-2,23(25)26)16(24)11-5-4-6-13(9-11)28-15-8-7-12(10-14(15)19)18(20,21)22/h4-10H,3H2,1-2H3. The fourth-order valence-electron chi connectivity index (χ4n) is 2.50. The monoisotopic (exact) mass is 417 g/mol. The molecule has 2 aromatic rings. The lowest BCUT2D eigenvalue weighted by molar-refractivity contribution is -0.605. The highest BCUT2D eigenvalue weighted by Crippen LogP contribution is 2.36. The van der Waals surface area contributed by atoms with E-state index in [9.17, 15) is 28.1 Å². The van der Waals surface area contributed by atoms with Crippen molar-refractivity contribution in [3.63, 3.8) is 0 Å². The Kier molecular flexibility index (Phi) is 6.30. The third kappa shape index (κ3) is 4.26. The van der Waals surface area contributed by atoms with E-state index in [0.717, 1.165) is 19.2 Å². The SMILES string of the molecule is CCC(OC)(C(=O)c1cccc(Oc2ccc(C(F)(F)F)cc2Cl)c1)[N+](=O)[O-]. The van der Waals surface area contributed by atoms with Crippen LogP contribution in [0.2, 0.25) is 5.02 Å². The lowest BCUT2D eigenvalue weighted by Gasteiger charge is -2.20. The molecule has 0 bridgehead atoms. The van der Waals surface area contributed by atoms with Crippen LogP contribution in [0.4, 0.5) is 13.2 Å². The van der Waals surface area contributed by atoms with Gasteiger partial charge < -0.3 is 9.47 Å². The molecule has 0 aromatic heterocycles. The summed E-state index contributed by atoms with van der Waals surface area (Å²) in [6, 6.07) is 7.97. The Morgan fingerprint density at radius 1 is 1.21 bits per heavy atom. The average Bonchev–Trinajstić information content (AvgIpc) is 2.64. The number of nitrogens with zero attached hydrogens (tertiary/aromatic N) is 1. The predicted molar refractivity (Wildman–Crippen MR) is 94.3 cm³/mol. The van der Waals surface area contributed by atoms with E-state index in [2.05, 4.69) is 0 Å². The maximum atomic E-state index is 12.7. The van der Waals surface area contributed by atoms with E-state index in [1.165, 1.54) is 31.2 Å². The average molecular weight is 418 g/mol. The number of hydrogen-bond acceptors (Lipinski definition) is 5. The minimum atomic E-state index is -4.55. The van der Waals surface area contributed by atoms with Gasteiger partial charge in [0.15, 0.2) is 0 Å². The quantitative estimate of drug-likeness (QED) is 0.262. The van der Waals surface area contributed by atoms with Crippen molar-refractivity contribution in [1.82, 2.24) is 0 Å². The number of benzene rings is 2. The first-order valence-electron chi connectivity index (χ1n) is 7.94. The molecule has 0 N–H and O–H groups in total. The van der Waals surface area contributed by atoms with Crippen LogP contribution in [0.1, 0.15) is 29.3 Å². The van der Waals surface area contributed by atoms with Crippen molar-refractivity contribution in [3.05, 3.63) is 68.7 Å². The van der Waals surface area contributed by atoms with Crippen LogP contribution in [-0.4, -0.2) is 23.5 Å². The summed E-state index contributed by atoms with van der Waals surface area (Å²) >= 11 is 5.85. The Balaban J connectivity index is 2.34. The topological polar surface area (TPSA) is 78.7 Å². The van der Waals surface area contributed by atoms with Crippen molar-refractivity contribution >= 4 is 17.4 Å². The fraction of sp³-hybridized carbons (Fsp3) is 0.278. The maximum absolute atomic E-state index is 12.7. The number of rotatable bonds is 7. The van der Waals surface area contributed by atoms with E-state index in [1.807, 2.05) is 0 Å². The van der Waals surface area contributed by atoms with Crippen molar-refractivity contribution in [3.8, 4) is 11.5 Å². The Hall–Kier alpha value is -2.65. The molecule has 0 saturated heterocycles. The van der Waals surface area contributed by atoms with Crippen molar-refractivity contribution in [2.45, 2.75) is 25.2 Å². The van der Waals surface area contributed by atoms with Gasteiger partial charge in [0.25, 0.3) is 5.78 Å². The lowest BCUT2D eigenvalue weighted by Crippen LogP contribution is -2.47. The smallest absolute Gasteiger partial charge is 0.416 e. The summed E-state index contributed by atoms with van der Waals surface area (Å²) in [6.45, 7) is 1.44. The third-order valence-electron chi connectivity index (χ3n) is 4.05. The van der Waals surface area contributed by atoms with Gasteiger partial charge in [0.1, 0.15) is 11.5 Å². The Morgan fingerprint density at radius 2 is 1.89 bits per heavy atom. The van der Waals surface area contributed by atoms with E-state index < -0.39 is 28.2 Å². The van der Waals surface area contributed by atoms with Gasteiger partial charge in [0, 0.05) is 12.7 Å². The number of methoxy groups -OCH3 is 1. The van der Waals surface area contributed by atoms with Gasteiger partial charge in [-0.3, -0.25) is 14.9 Å². The highest BCUT2D eigenvalue weighted by molar-refractivity contribution is 6.32. The molecule has 0 spiro atoms. The van der Waals surface area contributed by atoms with Crippen LogP contribution >= 0.6 is 11.6 Å². The summed E-state index contributed by atoms with van der Waals surface area (Å²) < 4.78 is 48.4. The first-order chi connectivity index (χ1) is 13.0. The second kappa shape index (κ2) is 8.15. The zero-order valence-corrected chi connectivity index (χ0v) is 15.5. The highest BCUT2D eigenvalue weighted by Gasteiger charge is 2.50. The van der Waals surface area contributed by atoms with Crippen LogP contribution in [0, 0.1) is 10.1 Å². The molecular weight excluding hydrogens is 403 g/mol. The maximum Gasteiger partial charge on any atom is 0.416 e. The molecule has 0 fully saturated rings. The fourth-order valence-corrected chi connectivity index (χ4v) is 2.72. The molecular formula is C18H15ClF3NO5. The number of Topliss-reactive ketones (excluding diaryl/α,β-unsaturated/α-hetero) is 1. The summed E-state index contributed by atoms with van der Waals surface area (Å²) in [7, 11) is 1.06. The summed E-state index contributed by atoms with van der Waals surface area (Å²) in [6.07, 6.45) is -4.76. The molecule has 6 nitrogen and oxygen atoms in total. The van der Waals surface area contributed by atoms with Gasteiger partial charge >= 0.3 is 11.9 Å². The minimum Gasteiger partial charge on any atom is -0.456 e. The van der Waals surface area contributed by atoms with Gasteiger partial charge in [0.05, 0.1) is 21.9 Å². The van der Waals surface area contributed by atoms with E-state index in [-0.39, 0.29) is 28.5 Å². The number of hydrogen-bond donors (Lipinski definition) is 0. The third-order valence-corrected chi connectivity index (χ3v) is 4.35. The number of carbonyl (C=O) groups excluding carboxylic acids is 1. The molecule has 1 unspecified atom stereocenters. The Bertz CT molecular complexity index is 897. The normalized spacial score (nSPS) is 13.6. The molecule has 0 radical (unpaired) electrons.